The molecule has 0 atom stereocenters. The minimum Gasteiger partial charge on any atom is -0.343 e. The Hall–Kier alpha value is -1.62. The predicted molar refractivity (Wildman–Crippen MR) is 82.5 cm³/mol. The monoisotopic (exact) mass is 335 g/mol. The first-order valence-corrected chi connectivity index (χ1v) is 7.49. The van der Waals surface area contributed by atoms with E-state index in [1.54, 1.807) is 11.1 Å². The Morgan fingerprint density at radius 3 is 2.80 bits per heavy atom. The van der Waals surface area contributed by atoms with Gasteiger partial charge in [0.15, 0.2) is 0 Å². The summed E-state index contributed by atoms with van der Waals surface area (Å²) >= 11 is 3.43. The van der Waals surface area contributed by atoms with E-state index >= 15 is 0 Å². The molecule has 5 heteroatoms. The Kier molecular flexibility index (Phi) is 4.95. The lowest BCUT2D eigenvalue weighted by molar-refractivity contribution is 0.0740. The average Bonchev–Trinajstić information content (AvgIpc) is 2.86. The summed E-state index contributed by atoms with van der Waals surface area (Å²) < 4.78 is 2.88. The van der Waals surface area contributed by atoms with Crippen molar-refractivity contribution in [3.63, 3.8) is 0 Å². The van der Waals surface area contributed by atoms with Gasteiger partial charge in [-0.25, -0.2) is 0 Å². The highest BCUT2D eigenvalue weighted by molar-refractivity contribution is 9.10. The van der Waals surface area contributed by atoms with Crippen molar-refractivity contribution in [2.75, 3.05) is 6.54 Å². The van der Waals surface area contributed by atoms with E-state index in [-0.39, 0.29) is 5.91 Å². The van der Waals surface area contributed by atoms with Crippen molar-refractivity contribution >= 4 is 21.8 Å². The molecule has 0 aliphatic rings. The molecule has 106 valence electrons. The number of halogens is 1. The summed E-state index contributed by atoms with van der Waals surface area (Å²) in [6, 6.07) is 7.62. The number of hydrogen-bond acceptors (Lipinski definition) is 2. The Balaban J connectivity index is 2.20. The topological polar surface area (TPSA) is 38.1 Å². The van der Waals surface area contributed by atoms with Crippen LogP contribution in [0.3, 0.4) is 0 Å². The average molecular weight is 336 g/mol. The third-order valence-corrected chi connectivity index (χ3v) is 3.60. The number of aromatic nitrogens is 2. The molecule has 0 fully saturated rings. The molecule has 0 radical (unpaired) electrons. The van der Waals surface area contributed by atoms with Crippen molar-refractivity contribution in [2.45, 2.75) is 26.9 Å². The Morgan fingerprint density at radius 1 is 1.40 bits per heavy atom. The van der Waals surface area contributed by atoms with Gasteiger partial charge >= 0.3 is 0 Å². The Morgan fingerprint density at radius 2 is 2.20 bits per heavy atom. The number of nitrogens with zero attached hydrogens (tertiary/aromatic N) is 3. The summed E-state index contributed by atoms with van der Waals surface area (Å²) in [6.45, 7) is 5.96. The van der Waals surface area contributed by atoms with Gasteiger partial charge < -0.3 is 9.47 Å². The number of hydrogen-bond donors (Lipinski definition) is 0. The molecule has 2 aromatic rings. The molecular weight excluding hydrogens is 318 g/mol. The van der Waals surface area contributed by atoms with Gasteiger partial charge in [-0.1, -0.05) is 6.07 Å². The molecule has 0 saturated carbocycles. The van der Waals surface area contributed by atoms with Crippen molar-refractivity contribution < 1.29 is 4.79 Å². The van der Waals surface area contributed by atoms with Crippen molar-refractivity contribution in [3.05, 3.63) is 52.5 Å². The van der Waals surface area contributed by atoms with Crippen LogP contribution in [-0.2, 0) is 13.1 Å². The number of rotatable bonds is 5. The van der Waals surface area contributed by atoms with E-state index < -0.39 is 0 Å². The molecule has 0 aliphatic carbocycles. The molecule has 0 aliphatic heterocycles. The fourth-order valence-electron chi connectivity index (χ4n) is 2.09. The summed E-state index contributed by atoms with van der Waals surface area (Å²) in [5, 5.41) is 0. The zero-order valence-corrected chi connectivity index (χ0v) is 13.3. The molecule has 0 aromatic carbocycles. The number of amides is 1. The van der Waals surface area contributed by atoms with E-state index in [9.17, 15) is 4.79 Å². The van der Waals surface area contributed by atoms with Crippen LogP contribution in [0.1, 0.15) is 30.0 Å². The van der Waals surface area contributed by atoms with Gasteiger partial charge in [0.2, 0.25) is 0 Å². The molecule has 0 saturated heterocycles. The lowest BCUT2D eigenvalue weighted by Crippen LogP contribution is -2.32. The SMILES string of the molecule is CCN(Cc1ccccn1)C(=O)c1cc(Br)cn1CC. The highest BCUT2D eigenvalue weighted by atomic mass is 79.9. The zero-order valence-electron chi connectivity index (χ0n) is 11.7. The lowest BCUT2D eigenvalue weighted by Gasteiger charge is -2.21. The smallest absolute Gasteiger partial charge is 0.270 e. The number of carbonyl (C=O) groups is 1. The van der Waals surface area contributed by atoms with E-state index in [0.717, 1.165) is 16.7 Å². The Labute approximate surface area is 127 Å². The maximum absolute atomic E-state index is 12.6. The molecule has 1 amide bonds. The van der Waals surface area contributed by atoms with Crippen molar-refractivity contribution in [2.24, 2.45) is 0 Å². The van der Waals surface area contributed by atoms with E-state index in [4.69, 9.17) is 0 Å². The van der Waals surface area contributed by atoms with Crippen LogP contribution in [0.4, 0.5) is 0 Å². The number of aryl methyl sites for hydroxylation is 1. The number of carbonyl (C=O) groups excluding carboxylic acids is 1. The molecule has 2 rings (SSSR count). The maximum Gasteiger partial charge on any atom is 0.270 e. The maximum atomic E-state index is 12.6. The van der Waals surface area contributed by atoms with Crippen LogP contribution in [-0.4, -0.2) is 26.9 Å². The van der Waals surface area contributed by atoms with E-state index in [1.807, 2.05) is 48.9 Å². The minimum atomic E-state index is 0.0331. The largest absolute Gasteiger partial charge is 0.343 e. The van der Waals surface area contributed by atoms with Crippen LogP contribution in [0.2, 0.25) is 0 Å². The van der Waals surface area contributed by atoms with Gasteiger partial charge in [0.05, 0.1) is 12.2 Å². The summed E-state index contributed by atoms with van der Waals surface area (Å²) in [5.41, 5.74) is 1.61. The number of pyridine rings is 1. The zero-order chi connectivity index (χ0) is 14.5. The minimum absolute atomic E-state index is 0.0331. The van der Waals surface area contributed by atoms with Crippen molar-refractivity contribution in [3.8, 4) is 0 Å². The molecule has 4 nitrogen and oxygen atoms in total. The van der Waals surface area contributed by atoms with E-state index in [0.29, 0.717) is 18.8 Å². The van der Waals surface area contributed by atoms with Crippen LogP contribution >= 0.6 is 15.9 Å². The molecule has 2 aromatic heterocycles. The highest BCUT2D eigenvalue weighted by Crippen LogP contribution is 2.17. The fourth-order valence-corrected chi connectivity index (χ4v) is 2.56. The van der Waals surface area contributed by atoms with Crippen LogP contribution in [0.5, 0.6) is 0 Å². The molecule has 0 spiro atoms. The molecular formula is C15H18BrN3O. The second-order valence-electron chi connectivity index (χ2n) is 4.47. The molecule has 0 unspecified atom stereocenters. The summed E-state index contributed by atoms with van der Waals surface area (Å²) in [5.74, 6) is 0.0331. The first kappa shape index (κ1) is 14.8. The second-order valence-corrected chi connectivity index (χ2v) is 5.39. The van der Waals surface area contributed by atoms with Gasteiger partial charge in [-0.05, 0) is 48.0 Å². The second kappa shape index (κ2) is 6.70. The van der Waals surface area contributed by atoms with Gasteiger partial charge in [0, 0.05) is 30.0 Å². The molecule has 20 heavy (non-hydrogen) atoms. The molecule has 0 N–H and O–H groups in total. The molecule has 0 bridgehead atoms. The first-order valence-electron chi connectivity index (χ1n) is 6.70. The van der Waals surface area contributed by atoms with Gasteiger partial charge in [-0.15, -0.1) is 0 Å². The Bertz CT molecular complexity index is 580. The predicted octanol–water partition coefficient (Wildman–Crippen LogP) is 3.33. The quantitative estimate of drug-likeness (QED) is 0.840. The third kappa shape index (κ3) is 3.28. The fraction of sp³-hybridized carbons (Fsp3) is 0.333. The molecule has 2 heterocycles. The van der Waals surface area contributed by atoms with Crippen LogP contribution in [0.25, 0.3) is 0 Å². The lowest BCUT2D eigenvalue weighted by atomic mass is 10.3. The summed E-state index contributed by atoms with van der Waals surface area (Å²) in [4.78, 5) is 18.7. The van der Waals surface area contributed by atoms with Crippen molar-refractivity contribution in [1.29, 1.82) is 0 Å². The van der Waals surface area contributed by atoms with Crippen LogP contribution in [0, 0.1) is 0 Å². The normalized spacial score (nSPS) is 10.6. The first-order chi connectivity index (χ1) is 9.65. The van der Waals surface area contributed by atoms with Crippen LogP contribution in [0.15, 0.2) is 41.1 Å². The van der Waals surface area contributed by atoms with E-state index in [1.165, 1.54) is 0 Å². The summed E-state index contributed by atoms with van der Waals surface area (Å²) in [7, 11) is 0. The highest BCUT2D eigenvalue weighted by Gasteiger charge is 2.19. The van der Waals surface area contributed by atoms with Gasteiger partial charge in [0.25, 0.3) is 5.91 Å². The van der Waals surface area contributed by atoms with Gasteiger partial charge in [0.1, 0.15) is 5.69 Å². The van der Waals surface area contributed by atoms with Gasteiger partial charge in [-0.3, -0.25) is 9.78 Å². The third-order valence-electron chi connectivity index (χ3n) is 3.17. The van der Waals surface area contributed by atoms with Crippen LogP contribution < -0.4 is 0 Å². The van der Waals surface area contributed by atoms with Crippen molar-refractivity contribution in [1.82, 2.24) is 14.5 Å². The standard InChI is InChI=1S/C15H18BrN3O/c1-3-18-10-12(16)9-14(18)15(20)19(4-2)11-13-7-5-6-8-17-13/h5-10H,3-4,11H2,1-2H3. The van der Waals surface area contributed by atoms with Gasteiger partial charge in [-0.2, -0.15) is 0 Å². The summed E-state index contributed by atoms with van der Waals surface area (Å²) in [6.07, 6.45) is 3.68. The van der Waals surface area contributed by atoms with E-state index in [2.05, 4.69) is 20.9 Å².